The van der Waals surface area contributed by atoms with Crippen LogP contribution in [0.4, 0.5) is 4.39 Å². The molecule has 0 aromatic heterocycles. The van der Waals surface area contributed by atoms with E-state index in [4.69, 9.17) is 0 Å². The number of benzene rings is 1. The molecule has 4 nitrogen and oxygen atoms in total. The zero-order chi connectivity index (χ0) is 18.1. The lowest BCUT2D eigenvalue weighted by atomic mass is 9.88. The van der Waals surface area contributed by atoms with Crippen LogP contribution >= 0.6 is 0 Å². The Bertz CT molecular complexity index is 686. The van der Waals surface area contributed by atoms with E-state index in [0.717, 1.165) is 50.5 Å². The summed E-state index contributed by atoms with van der Waals surface area (Å²) in [5.41, 5.74) is 0.942. The van der Waals surface area contributed by atoms with Crippen LogP contribution in [0.5, 0.6) is 0 Å². The summed E-state index contributed by atoms with van der Waals surface area (Å²) in [4.78, 5) is 27.4. The minimum absolute atomic E-state index is 0.0319. The molecule has 1 aromatic carbocycles. The van der Waals surface area contributed by atoms with Crippen LogP contribution in [0, 0.1) is 11.7 Å². The smallest absolute Gasteiger partial charge is 0.243 e. The van der Waals surface area contributed by atoms with Gasteiger partial charge in [0.05, 0.1) is 0 Å². The highest BCUT2D eigenvalue weighted by atomic mass is 19.1. The first kappa shape index (κ1) is 17.5. The third-order valence-electron chi connectivity index (χ3n) is 6.19. The lowest BCUT2D eigenvalue weighted by molar-refractivity contribution is -0.142. The molecule has 1 N–H and O–H groups in total. The predicted octanol–water partition coefficient (Wildman–Crippen LogP) is 3.37. The summed E-state index contributed by atoms with van der Waals surface area (Å²) in [6, 6.07) is 6.35. The van der Waals surface area contributed by atoms with Crippen LogP contribution in [-0.2, 0) is 9.59 Å². The molecule has 1 saturated heterocycles. The van der Waals surface area contributed by atoms with Crippen LogP contribution in [0.15, 0.2) is 24.3 Å². The molecule has 5 heteroatoms. The van der Waals surface area contributed by atoms with Crippen molar-refractivity contribution in [1.29, 1.82) is 0 Å². The van der Waals surface area contributed by atoms with Crippen molar-refractivity contribution in [3.05, 3.63) is 35.6 Å². The molecule has 3 atom stereocenters. The molecule has 2 amide bonds. The number of amides is 2. The summed E-state index contributed by atoms with van der Waals surface area (Å²) < 4.78 is 13.4. The van der Waals surface area contributed by atoms with Crippen molar-refractivity contribution in [2.75, 3.05) is 6.54 Å². The molecule has 0 unspecified atom stereocenters. The Morgan fingerprint density at radius 3 is 2.65 bits per heavy atom. The van der Waals surface area contributed by atoms with Gasteiger partial charge in [-0.15, -0.1) is 0 Å². The minimum atomic E-state index is -0.321. The van der Waals surface area contributed by atoms with Gasteiger partial charge in [0.15, 0.2) is 0 Å². The average Bonchev–Trinajstić information content (AvgIpc) is 3.24. The van der Waals surface area contributed by atoms with Crippen LogP contribution in [-0.4, -0.2) is 35.3 Å². The molecule has 3 aliphatic rings. The van der Waals surface area contributed by atoms with Gasteiger partial charge >= 0.3 is 0 Å². The molecular formula is C21H27FN2O2. The lowest BCUT2D eigenvalue weighted by Crippen LogP contribution is -2.48. The Hall–Kier alpha value is -1.91. The molecule has 3 fully saturated rings. The van der Waals surface area contributed by atoms with Crippen molar-refractivity contribution in [1.82, 2.24) is 10.2 Å². The molecule has 0 bridgehead atoms. The summed E-state index contributed by atoms with van der Waals surface area (Å²) in [7, 11) is 0. The maximum absolute atomic E-state index is 13.4. The number of likely N-dealkylation sites (tertiary alicyclic amines) is 1. The Balaban J connectivity index is 1.35. The highest BCUT2D eigenvalue weighted by Gasteiger charge is 2.43. The molecule has 0 radical (unpaired) electrons. The zero-order valence-corrected chi connectivity index (χ0v) is 15.1. The fourth-order valence-corrected chi connectivity index (χ4v) is 4.63. The van der Waals surface area contributed by atoms with Gasteiger partial charge in [0.1, 0.15) is 11.9 Å². The first-order chi connectivity index (χ1) is 12.6. The highest BCUT2D eigenvalue weighted by molar-refractivity contribution is 5.89. The standard InChI is InChI=1S/C21H27FN2O2/c22-16-9-4-8-15(12-16)17-13-18(17)23-20(25)19-10-5-11-24(19)21(26)14-6-2-1-3-7-14/h4,8-9,12,14,17-19H,1-3,5-7,10-11,13H2,(H,23,25)/t17-,18+,19-/m0/s1. The van der Waals surface area contributed by atoms with Crippen molar-refractivity contribution < 1.29 is 14.0 Å². The SMILES string of the molecule is O=C(N[C@@H]1C[C@H]1c1cccc(F)c1)[C@@H]1CCCN1C(=O)C1CCCCC1. The van der Waals surface area contributed by atoms with Crippen LogP contribution in [0.2, 0.25) is 0 Å². The monoisotopic (exact) mass is 358 g/mol. The molecular weight excluding hydrogens is 331 g/mol. The Kier molecular flexibility index (Phi) is 4.96. The topological polar surface area (TPSA) is 49.4 Å². The molecule has 0 spiro atoms. The average molecular weight is 358 g/mol. The Morgan fingerprint density at radius 2 is 1.88 bits per heavy atom. The molecule has 140 valence electrons. The molecule has 26 heavy (non-hydrogen) atoms. The Labute approximate surface area is 154 Å². The van der Waals surface area contributed by atoms with Gasteiger partial charge in [-0.1, -0.05) is 31.4 Å². The largest absolute Gasteiger partial charge is 0.351 e. The summed E-state index contributed by atoms with van der Waals surface area (Å²) in [5, 5.41) is 3.10. The zero-order valence-electron chi connectivity index (χ0n) is 15.1. The third kappa shape index (κ3) is 3.62. The molecule has 1 aromatic rings. The van der Waals surface area contributed by atoms with Crippen molar-refractivity contribution in [2.45, 2.75) is 69.4 Å². The lowest BCUT2D eigenvalue weighted by Gasteiger charge is -2.30. The van der Waals surface area contributed by atoms with Crippen LogP contribution < -0.4 is 5.32 Å². The van der Waals surface area contributed by atoms with Crippen LogP contribution in [0.3, 0.4) is 0 Å². The van der Waals surface area contributed by atoms with Gasteiger partial charge in [0, 0.05) is 24.4 Å². The van der Waals surface area contributed by atoms with Crippen LogP contribution in [0.25, 0.3) is 0 Å². The third-order valence-corrected chi connectivity index (χ3v) is 6.19. The number of rotatable bonds is 4. The normalized spacial score (nSPS) is 28.8. The van der Waals surface area contributed by atoms with Gasteiger partial charge in [0.25, 0.3) is 0 Å². The van der Waals surface area contributed by atoms with E-state index in [0.29, 0.717) is 6.54 Å². The van der Waals surface area contributed by atoms with Gasteiger partial charge < -0.3 is 10.2 Å². The van der Waals surface area contributed by atoms with Gasteiger partial charge in [-0.2, -0.15) is 0 Å². The summed E-state index contributed by atoms with van der Waals surface area (Å²) in [5.74, 6) is 0.214. The van der Waals surface area contributed by atoms with Crippen molar-refractivity contribution in [2.24, 2.45) is 5.92 Å². The molecule has 1 heterocycles. The number of nitrogens with one attached hydrogen (secondary N) is 1. The van der Waals surface area contributed by atoms with E-state index in [-0.39, 0.29) is 41.6 Å². The van der Waals surface area contributed by atoms with E-state index in [9.17, 15) is 14.0 Å². The second-order valence-electron chi connectivity index (χ2n) is 8.04. The minimum Gasteiger partial charge on any atom is -0.351 e. The second-order valence-corrected chi connectivity index (χ2v) is 8.04. The molecule has 4 rings (SSSR count). The van der Waals surface area contributed by atoms with Gasteiger partial charge in [0.2, 0.25) is 11.8 Å². The maximum atomic E-state index is 13.4. The maximum Gasteiger partial charge on any atom is 0.243 e. The quantitative estimate of drug-likeness (QED) is 0.897. The number of halogens is 1. The summed E-state index contributed by atoms with van der Waals surface area (Å²) >= 11 is 0. The number of hydrogen-bond donors (Lipinski definition) is 1. The van der Waals surface area contributed by atoms with Gasteiger partial charge in [-0.25, -0.2) is 4.39 Å². The second kappa shape index (κ2) is 7.37. The molecule has 2 aliphatic carbocycles. The number of hydrogen-bond acceptors (Lipinski definition) is 2. The summed E-state index contributed by atoms with van der Waals surface area (Å²) in [6.07, 6.45) is 7.89. The van der Waals surface area contributed by atoms with Gasteiger partial charge in [-0.3, -0.25) is 9.59 Å². The van der Waals surface area contributed by atoms with E-state index in [1.807, 2.05) is 11.0 Å². The van der Waals surface area contributed by atoms with Crippen LogP contribution in [0.1, 0.15) is 62.8 Å². The fraction of sp³-hybridized carbons (Fsp3) is 0.619. The van der Waals surface area contributed by atoms with E-state index in [1.54, 1.807) is 12.1 Å². The fourth-order valence-electron chi connectivity index (χ4n) is 4.63. The number of nitrogens with zero attached hydrogens (tertiary/aromatic N) is 1. The Morgan fingerprint density at radius 1 is 1.08 bits per heavy atom. The van der Waals surface area contributed by atoms with Crippen molar-refractivity contribution >= 4 is 11.8 Å². The van der Waals surface area contributed by atoms with Crippen molar-refractivity contribution in [3.8, 4) is 0 Å². The first-order valence-corrected chi connectivity index (χ1v) is 10.00. The highest BCUT2D eigenvalue weighted by Crippen LogP contribution is 2.41. The number of carbonyl (C=O) groups is 2. The van der Waals surface area contributed by atoms with Crippen molar-refractivity contribution in [3.63, 3.8) is 0 Å². The molecule has 2 saturated carbocycles. The molecule has 1 aliphatic heterocycles. The van der Waals surface area contributed by atoms with E-state index >= 15 is 0 Å². The van der Waals surface area contributed by atoms with E-state index in [2.05, 4.69) is 5.32 Å². The van der Waals surface area contributed by atoms with E-state index < -0.39 is 0 Å². The van der Waals surface area contributed by atoms with Gasteiger partial charge in [-0.05, 0) is 49.8 Å². The first-order valence-electron chi connectivity index (χ1n) is 10.00. The predicted molar refractivity (Wildman–Crippen MR) is 97.0 cm³/mol. The summed E-state index contributed by atoms with van der Waals surface area (Å²) in [6.45, 7) is 0.700. The number of carbonyl (C=O) groups excluding carboxylic acids is 2. The van der Waals surface area contributed by atoms with E-state index in [1.165, 1.54) is 12.5 Å².